The van der Waals surface area contributed by atoms with Gasteiger partial charge < -0.3 is 10.1 Å². The lowest BCUT2D eigenvalue weighted by molar-refractivity contribution is 0.232. The molecule has 2 nitrogen and oxygen atoms in total. The molecule has 0 amide bonds. The third-order valence-electron chi connectivity index (χ3n) is 4.43. The smallest absolute Gasteiger partial charge is 0.120 e. The van der Waals surface area contributed by atoms with Crippen molar-refractivity contribution in [1.29, 1.82) is 0 Å². The van der Waals surface area contributed by atoms with Crippen LogP contribution >= 0.6 is 0 Å². The van der Waals surface area contributed by atoms with E-state index in [0.717, 1.165) is 17.6 Å². The molecule has 0 saturated heterocycles. The van der Waals surface area contributed by atoms with Gasteiger partial charge in [0.05, 0.1) is 6.10 Å². The third kappa shape index (κ3) is 3.99. The summed E-state index contributed by atoms with van der Waals surface area (Å²) < 4.78 is 5.83. The molecular formula is C18H29NO. The van der Waals surface area contributed by atoms with Crippen molar-refractivity contribution in [1.82, 2.24) is 5.32 Å². The molecule has 2 rings (SSSR count). The highest BCUT2D eigenvalue weighted by Crippen LogP contribution is 2.37. The van der Waals surface area contributed by atoms with E-state index in [0.29, 0.717) is 6.04 Å². The first-order chi connectivity index (χ1) is 9.60. The highest BCUT2D eigenvalue weighted by Gasteiger charge is 2.26. The number of rotatable bonds is 5. The summed E-state index contributed by atoms with van der Waals surface area (Å²) in [5.41, 5.74) is 1.37. The maximum Gasteiger partial charge on any atom is 0.120 e. The fraction of sp³-hybridized carbons (Fsp3) is 0.667. The molecule has 0 aromatic heterocycles. The van der Waals surface area contributed by atoms with Crippen molar-refractivity contribution in [2.24, 2.45) is 11.8 Å². The molecule has 0 heterocycles. The van der Waals surface area contributed by atoms with Gasteiger partial charge in [0.25, 0.3) is 0 Å². The van der Waals surface area contributed by atoms with E-state index in [-0.39, 0.29) is 6.10 Å². The van der Waals surface area contributed by atoms with E-state index in [1.165, 1.54) is 31.2 Å². The summed E-state index contributed by atoms with van der Waals surface area (Å²) >= 11 is 0. The van der Waals surface area contributed by atoms with Gasteiger partial charge in [0.2, 0.25) is 0 Å². The lowest BCUT2D eigenvalue weighted by atomic mass is 9.77. The fourth-order valence-electron chi connectivity index (χ4n) is 3.35. The van der Waals surface area contributed by atoms with Gasteiger partial charge in [0.1, 0.15) is 5.75 Å². The molecule has 1 fully saturated rings. The first-order valence-corrected chi connectivity index (χ1v) is 8.04. The average Bonchev–Trinajstić information content (AvgIpc) is 2.41. The topological polar surface area (TPSA) is 21.3 Å². The summed E-state index contributed by atoms with van der Waals surface area (Å²) in [7, 11) is 2.08. The van der Waals surface area contributed by atoms with Crippen LogP contribution in [-0.4, -0.2) is 13.2 Å². The Morgan fingerprint density at radius 1 is 1.15 bits per heavy atom. The van der Waals surface area contributed by atoms with Crippen LogP contribution in [0.1, 0.15) is 58.1 Å². The predicted octanol–water partition coefficient (Wildman–Crippen LogP) is 4.56. The van der Waals surface area contributed by atoms with Crippen molar-refractivity contribution < 1.29 is 4.74 Å². The van der Waals surface area contributed by atoms with Crippen LogP contribution in [0, 0.1) is 11.8 Å². The van der Waals surface area contributed by atoms with Gasteiger partial charge in [-0.3, -0.25) is 0 Å². The van der Waals surface area contributed by atoms with Crippen molar-refractivity contribution in [2.75, 3.05) is 7.05 Å². The first kappa shape index (κ1) is 15.4. The molecular weight excluding hydrogens is 246 g/mol. The van der Waals surface area contributed by atoms with E-state index >= 15 is 0 Å². The van der Waals surface area contributed by atoms with Crippen molar-refractivity contribution >= 4 is 0 Å². The van der Waals surface area contributed by atoms with Gasteiger partial charge in [-0.15, -0.1) is 0 Å². The summed E-state index contributed by atoms with van der Waals surface area (Å²) in [6, 6.07) is 9.06. The largest absolute Gasteiger partial charge is 0.491 e. The van der Waals surface area contributed by atoms with Crippen molar-refractivity contribution in [2.45, 2.75) is 58.6 Å². The summed E-state index contributed by atoms with van der Waals surface area (Å²) in [5, 5.41) is 3.53. The molecule has 20 heavy (non-hydrogen) atoms. The lowest BCUT2D eigenvalue weighted by Gasteiger charge is -2.33. The molecule has 1 atom stereocenters. The zero-order chi connectivity index (χ0) is 14.5. The van der Waals surface area contributed by atoms with Crippen LogP contribution in [0.3, 0.4) is 0 Å². The number of nitrogens with one attached hydrogen (secondary N) is 1. The minimum atomic E-state index is 0.230. The second-order valence-electron chi connectivity index (χ2n) is 6.53. The van der Waals surface area contributed by atoms with E-state index in [2.05, 4.69) is 57.4 Å². The number of hydrogen-bond donors (Lipinski definition) is 1. The van der Waals surface area contributed by atoms with Crippen LogP contribution in [-0.2, 0) is 0 Å². The zero-order valence-electron chi connectivity index (χ0n) is 13.4. The molecule has 1 aliphatic rings. The van der Waals surface area contributed by atoms with Crippen LogP contribution in [0.5, 0.6) is 5.75 Å². The Kier molecular flexibility index (Phi) is 5.47. The molecule has 1 aromatic carbocycles. The van der Waals surface area contributed by atoms with E-state index in [1.807, 2.05) is 0 Å². The molecule has 0 bridgehead atoms. The maximum absolute atomic E-state index is 5.83. The molecule has 1 unspecified atom stereocenters. The first-order valence-electron chi connectivity index (χ1n) is 8.04. The highest BCUT2D eigenvalue weighted by molar-refractivity contribution is 5.31. The Morgan fingerprint density at radius 3 is 2.45 bits per heavy atom. The third-order valence-corrected chi connectivity index (χ3v) is 4.43. The average molecular weight is 275 g/mol. The lowest BCUT2D eigenvalue weighted by Crippen LogP contribution is -2.28. The summed E-state index contributed by atoms with van der Waals surface area (Å²) in [6.07, 6.45) is 5.63. The van der Waals surface area contributed by atoms with Crippen molar-refractivity contribution in [3.8, 4) is 5.75 Å². The quantitative estimate of drug-likeness (QED) is 0.850. The second-order valence-corrected chi connectivity index (χ2v) is 6.53. The van der Waals surface area contributed by atoms with E-state index in [1.54, 1.807) is 0 Å². The summed E-state index contributed by atoms with van der Waals surface area (Å²) in [4.78, 5) is 0. The van der Waals surface area contributed by atoms with Crippen LogP contribution in [0.15, 0.2) is 24.3 Å². The van der Waals surface area contributed by atoms with Crippen LogP contribution in [0.2, 0.25) is 0 Å². The Labute approximate surface area is 123 Å². The van der Waals surface area contributed by atoms with Gasteiger partial charge in [-0.05, 0) is 63.3 Å². The van der Waals surface area contributed by atoms with Crippen molar-refractivity contribution in [3.05, 3.63) is 29.8 Å². The molecule has 1 aromatic rings. The predicted molar refractivity (Wildman–Crippen MR) is 85.1 cm³/mol. The maximum atomic E-state index is 5.83. The Bertz CT molecular complexity index is 408. The molecule has 2 heteroatoms. The fourth-order valence-corrected chi connectivity index (χ4v) is 3.35. The Hall–Kier alpha value is -1.02. The van der Waals surface area contributed by atoms with E-state index in [9.17, 15) is 0 Å². The van der Waals surface area contributed by atoms with Gasteiger partial charge in [0.15, 0.2) is 0 Å². The Morgan fingerprint density at radius 2 is 1.85 bits per heavy atom. The molecule has 0 spiro atoms. The monoisotopic (exact) mass is 275 g/mol. The molecule has 0 radical (unpaired) electrons. The molecule has 0 aliphatic heterocycles. The number of hydrogen-bond acceptors (Lipinski definition) is 2. The van der Waals surface area contributed by atoms with Crippen molar-refractivity contribution in [3.63, 3.8) is 0 Å². The summed E-state index contributed by atoms with van der Waals surface area (Å²) in [6.45, 7) is 6.53. The molecule has 112 valence electrons. The number of ether oxygens (including phenoxy) is 1. The minimum Gasteiger partial charge on any atom is -0.491 e. The SMILES string of the molecule is CNC(c1cccc(OC(C)C)c1)C1CCC(C)CC1. The van der Waals surface area contributed by atoms with E-state index < -0.39 is 0 Å². The van der Waals surface area contributed by atoms with Gasteiger partial charge in [0, 0.05) is 6.04 Å². The normalized spacial score (nSPS) is 24.6. The molecule has 1 aliphatic carbocycles. The number of benzene rings is 1. The van der Waals surface area contributed by atoms with E-state index in [4.69, 9.17) is 4.74 Å². The zero-order valence-corrected chi connectivity index (χ0v) is 13.4. The standard InChI is InChI=1S/C18H29NO/c1-13(2)20-17-7-5-6-16(12-17)18(19-4)15-10-8-14(3)9-11-15/h5-7,12-15,18-19H,8-11H2,1-4H3. The minimum absolute atomic E-state index is 0.230. The van der Waals surface area contributed by atoms with Crippen LogP contribution in [0.4, 0.5) is 0 Å². The van der Waals surface area contributed by atoms with Gasteiger partial charge in [-0.25, -0.2) is 0 Å². The van der Waals surface area contributed by atoms with Gasteiger partial charge in [-0.2, -0.15) is 0 Å². The van der Waals surface area contributed by atoms with Crippen LogP contribution in [0.25, 0.3) is 0 Å². The van der Waals surface area contributed by atoms with Crippen LogP contribution < -0.4 is 10.1 Å². The molecule has 1 saturated carbocycles. The second kappa shape index (κ2) is 7.12. The highest BCUT2D eigenvalue weighted by atomic mass is 16.5. The van der Waals surface area contributed by atoms with Gasteiger partial charge >= 0.3 is 0 Å². The Balaban J connectivity index is 2.10. The summed E-state index contributed by atoms with van der Waals surface area (Å²) in [5.74, 6) is 2.65. The van der Waals surface area contributed by atoms with Gasteiger partial charge in [-0.1, -0.05) is 31.9 Å². The molecule has 1 N–H and O–H groups in total.